The van der Waals surface area contributed by atoms with Gasteiger partial charge >= 0.3 is 0 Å². The molecule has 0 unspecified atom stereocenters. The minimum absolute atomic E-state index is 0. The van der Waals surface area contributed by atoms with E-state index in [4.69, 9.17) is 21.4 Å². The number of hydrogen-bond acceptors (Lipinski definition) is 6. The number of nitrogens with zero attached hydrogens (tertiary/aromatic N) is 2. The van der Waals surface area contributed by atoms with Gasteiger partial charge in [0.25, 0.3) is 0 Å². The summed E-state index contributed by atoms with van der Waals surface area (Å²) in [7, 11) is 0. The Hall–Kier alpha value is -4.19. The lowest BCUT2D eigenvalue weighted by Crippen LogP contribution is -2.14. The Bertz CT molecular complexity index is 2090. The molecule has 6 nitrogen and oxygen atoms in total. The predicted octanol–water partition coefficient (Wildman–Crippen LogP) is 13.1. The number of Topliss-reactive ketones (excluding diaryl/α,β-unsaturated/α-hetero) is 2. The molecule has 0 atom stereocenters. The molecule has 0 saturated heterocycles. The number of carbonyl (C=O) groups excluding carboxylic acids is 2. The zero-order chi connectivity index (χ0) is 37.6. The van der Waals surface area contributed by atoms with Gasteiger partial charge in [0.1, 0.15) is 0 Å². The summed E-state index contributed by atoms with van der Waals surface area (Å²) in [6.07, 6.45) is 1.47. The summed E-state index contributed by atoms with van der Waals surface area (Å²) in [6.45, 7) is 0. The van der Waals surface area contributed by atoms with Crippen molar-refractivity contribution in [3.63, 3.8) is 0 Å². The van der Waals surface area contributed by atoms with Crippen molar-refractivity contribution in [1.29, 1.82) is 0 Å². The lowest BCUT2D eigenvalue weighted by atomic mass is 10.0. The summed E-state index contributed by atoms with van der Waals surface area (Å²) < 4.78 is 3.83. The Morgan fingerprint density at radius 1 is 0.453 bits per heavy atom. The fraction of sp³-hybridized carbons (Fsp3) is 0.0476. The van der Waals surface area contributed by atoms with Crippen molar-refractivity contribution in [2.45, 2.75) is 7.43 Å². The van der Waals surface area contributed by atoms with Crippen LogP contribution in [0.1, 0.15) is 28.1 Å². The Labute approximate surface area is 348 Å². The first kappa shape index (κ1) is 43.2. The van der Waals surface area contributed by atoms with Crippen molar-refractivity contribution in [3.05, 3.63) is 175 Å². The number of fused-ring (bicyclic) bond motifs is 1. The highest BCUT2D eigenvalue weighted by molar-refractivity contribution is 9.11. The van der Waals surface area contributed by atoms with E-state index in [1.807, 2.05) is 60.7 Å². The summed E-state index contributed by atoms with van der Waals surface area (Å²) in [5.41, 5.74) is 18.6. The topological polar surface area (TPSA) is 112 Å². The molecule has 0 fully saturated rings. The second-order valence-electron chi connectivity index (χ2n) is 10.7. The van der Waals surface area contributed by atoms with Crippen molar-refractivity contribution in [1.82, 2.24) is 9.97 Å². The quantitative estimate of drug-likeness (QED) is 0.0769. The van der Waals surface area contributed by atoms with E-state index in [0.29, 0.717) is 22.5 Å². The molecule has 0 spiro atoms. The van der Waals surface area contributed by atoms with Gasteiger partial charge in [-0.1, -0.05) is 120 Å². The maximum Gasteiger partial charge on any atom is 0.233 e. The Kier molecular flexibility index (Phi) is 17.5. The maximum absolute atomic E-state index is 12.0. The number of para-hydroxylation sites is 4. The number of rotatable bonds is 5. The van der Waals surface area contributed by atoms with E-state index in [0.717, 1.165) is 51.4 Å². The molecule has 6 aromatic carbocycles. The highest BCUT2D eigenvalue weighted by atomic mass is 79.9. The number of nitrogens with two attached hydrogens (primary N) is 2. The van der Waals surface area contributed by atoms with Crippen LogP contribution >= 0.6 is 75.3 Å². The molecule has 4 N–H and O–H groups in total. The Balaban J connectivity index is 0.000000230. The molecule has 7 rings (SSSR count). The number of nitrogen functional groups attached to an aromatic ring is 2. The standard InChI is InChI=1S/C20H12Br2N2.C14H8Br2O2.C6H8N2.CH3Cl.CH4/c21-15-9-5-13(6-10-15)19-20(14-7-11-16(22)12-8-14)24-18-4-2-1-3-17(18)23-19;15-11-5-1-9(2-6-11)13(17)14(18)10-3-7-12(16)8-4-10;7-5-3-1-2-4-6(5)8;1-2;/h1-12H;1-8H;1-4H,7-8H2;1H3;1H4. The smallest absolute Gasteiger partial charge is 0.233 e. The van der Waals surface area contributed by atoms with Crippen molar-refractivity contribution >= 4 is 109 Å². The molecular weight excluding hydrogens is 948 g/mol. The second kappa shape index (κ2) is 21.5. The average molecular weight is 983 g/mol. The molecule has 1 heterocycles. The van der Waals surface area contributed by atoms with Gasteiger partial charge in [0.2, 0.25) is 11.6 Å². The highest BCUT2D eigenvalue weighted by Gasteiger charge is 2.18. The van der Waals surface area contributed by atoms with Crippen molar-refractivity contribution in [2.75, 3.05) is 17.9 Å². The molecule has 0 radical (unpaired) electrons. The summed E-state index contributed by atoms with van der Waals surface area (Å²) in [5.74, 6) is -0.991. The molecule has 1 aromatic heterocycles. The van der Waals surface area contributed by atoms with Gasteiger partial charge in [-0.3, -0.25) is 9.59 Å². The van der Waals surface area contributed by atoms with E-state index in [9.17, 15) is 9.59 Å². The normalized spacial score (nSPS) is 9.85. The van der Waals surface area contributed by atoms with E-state index >= 15 is 0 Å². The van der Waals surface area contributed by atoms with Crippen LogP contribution in [0.15, 0.2) is 163 Å². The zero-order valence-electron chi connectivity index (χ0n) is 27.6. The molecule has 0 aliphatic rings. The SMILES string of the molecule is Brc1ccc(-c2nc3ccccc3nc2-c2ccc(Br)cc2)cc1.C.CCl.Nc1ccccc1N.O=C(C(=O)c1ccc(Br)cc1)c1ccc(Br)cc1. The predicted molar refractivity (Wildman–Crippen MR) is 237 cm³/mol. The molecule has 7 aromatic rings. The van der Waals surface area contributed by atoms with Gasteiger partial charge < -0.3 is 11.5 Å². The summed E-state index contributed by atoms with van der Waals surface area (Å²) in [4.78, 5) is 33.7. The molecule has 0 bridgehead atoms. The van der Waals surface area contributed by atoms with Crippen LogP contribution in [0.25, 0.3) is 33.5 Å². The zero-order valence-corrected chi connectivity index (χ0v) is 34.7. The summed E-state index contributed by atoms with van der Waals surface area (Å²) in [5, 5.41) is 0. The van der Waals surface area contributed by atoms with Gasteiger partial charge in [0.15, 0.2) is 0 Å². The van der Waals surface area contributed by atoms with Crippen LogP contribution < -0.4 is 11.5 Å². The van der Waals surface area contributed by atoms with E-state index in [2.05, 4.69) is 99.6 Å². The number of carbonyl (C=O) groups is 2. The number of alkyl halides is 1. The van der Waals surface area contributed by atoms with Crippen LogP contribution in [0.4, 0.5) is 11.4 Å². The summed E-state index contributed by atoms with van der Waals surface area (Å²) in [6, 6.07) is 45.0. The van der Waals surface area contributed by atoms with Crippen LogP contribution in [-0.2, 0) is 0 Å². The first-order valence-corrected chi connectivity index (χ1v) is 19.4. The fourth-order valence-electron chi connectivity index (χ4n) is 4.59. The number of halogens is 5. The number of aromatic nitrogens is 2. The largest absolute Gasteiger partial charge is 0.397 e. The Morgan fingerprint density at radius 2 is 0.717 bits per heavy atom. The third-order valence-electron chi connectivity index (χ3n) is 7.22. The number of ketones is 2. The van der Waals surface area contributed by atoms with Gasteiger partial charge in [0.05, 0.1) is 33.8 Å². The monoisotopic (exact) mass is 978 g/mol. The lowest BCUT2D eigenvalue weighted by Gasteiger charge is -2.11. The van der Waals surface area contributed by atoms with Crippen molar-refractivity contribution < 1.29 is 9.59 Å². The van der Waals surface area contributed by atoms with Gasteiger partial charge in [-0.25, -0.2) is 9.97 Å². The molecular formula is C42H35Br4ClN4O2. The van der Waals surface area contributed by atoms with Crippen molar-refractivity contribution in [3.8, 4) is 22.5 Å². The third-order valence-corrected chi connectivity index (χ3v) is 9.34. The third kappa shape index (κ3) is 12.4. The Morgan fingerprint density at radius 3 is 1.00 bits per heavy atom. The maximum atomic E-state index is 12.0. The van der Waals surface area contributed by atoms with E-state index < -0.39 is 11.6 Å². The molecule has 0 saturated carbocycles. The first-order chi connectivity index (χ1) is 25.1. The van der Waals surface area contributed by atoms with Gasteiger partial charge in [0, 0.05) is 46.5 Å². The first-order valence-electron chi connectivity index (χ1n) is 15.5. The van der Waals surface area contributed by atoms with Gasteiger partial charge in [-0.15, -0.1) is 11.6 Å². The second-order valence-corrected chi connectivity index (χ2v) is 14.4. The number of anilines is 2. The van der Waals surface area contributed by atoms with Gasteiger partial charge in [-0.2, -0.15) is 0 Å². The van der Waals surface area contributed by atoms with Crippen LogP contribution in [-0.4, -0.2) is 27.9 Å². The van der Waals surface area contributed by atoms with Crippen molar-refractivity contribution in [2.24, 2.45) is 0 Å². The fourth-order valence-corrected chi connectivity index (χ4v) is 5.65. The molecule has 53 heavy (non-hydrogen) atoms. The minimum atomic E-state index is -0.496. The summed E-state index contributed by atoms with van der Waals surface area (Å²) >= 11 is 18.2. The van der Waals surface area contributed by atoms with E-state index in [-0.39, 0.29) is 7.43 Å². The van der Waals surface area contributed by atoms with Gasteiger partial charge in [-0.05, 0) is 97.1 Å². The average Bonchev–Trinajstić information content (AvgIpc) is 3.17. The number of hydrogen-bond donors (Lipinski definition) is 2. The molecule has 0 aliphatic heterocycles. The molecule has 0 amide bonds. The van der Waals surface area contributed by atoms with Crippen LogP contribution in [0, 0.1) is 0 Å². The van der Waals surface area contributed by atoms with E-state index in [1.54, 1.807) is 60.7 Å². The molecule has 11 heteroatoms. The lowest BCUT2D eigenvalue weighted by molar-refractivity contribution is 0.0817. The molecule has 0 aliphatic carbocycles. The minimum Gasteiger partial charge on any atom is -0.397 e. The van der Waals surface area contributed by atoms with Crippen LogP contribution in [0.3, 0.4) is 0 Å². The highest BCUT2D eigenvalue weighted by Crippen LogP contribution is 2.32. The van der Waals surface area contributed by atoms with Crippen LogP contribution in [0.2, 0.25) is 0 Å². The van der Waals surface area contributed by atoms with E-state index in [1.165, 1.54) is 6.38 Å². The molecule has 270 valence electrons. The van der Waals surface area contributed by atoms with Crippen LogP contribution in [0.5, 0.6) is 0 Å². The number of benzene rings is 6.